The first-order valence-electron chi connectivity index (χ1n) is 10.6. The Morgan fingerprint density at radius 2 is 1.59 bits per heavy atom. The molecule has 0 amide bonds. The molecule has 0 atom stereocenters. The summed E-state index contributed by atoms with van der Waals surface area (Å²) >= 11 is 0. The largest absolute Gasteiger partial charge is 2.00 e. The number of pyridine rings is 1. The van der Waals surface area contributed by atoms with Crippen LogP contribution in [-0.2, 0) is 21.1 Å². The molecule has 5 nitrogen and oxygen atoms in total. The van der Waals surface area contributed by atoms with Crippen LogP contribution in [0.3, 0.4) is 0 Å². The summed E-state index contributed by atoms with van der Waals surface area (Å²) in [4.78, 5) is 7.01. The van der Waals surface area contributed by atoms with E-state index in [9.17, 15) is 0 Å². The number of furan rings is 1. The first-order chi connectivity index (χ1) is 16.3. The van der Waals surface area contributed by atoms with E-state index in [-0.39, 0.29) is 21.1 Å². The Labute approximate surface area is 211 Å². The SMILES string of the molecule is [Pt+2].[c-]1c(N(c2ccccc2)c2cccc(-c3[c-]c4ccccc4o3)n2)cccc1-n1cccn1. The Hall–Kier alpha value is -3.95. The quantitative estimate of drug-likeness (QED) is 0.200. The zero-order valence-corrected chi connectivity index (χ0v) is 20.2. The van der Waals surface area contributed by atoms with Crippen molar-refractivity contribution in [2.75, 3.05) is 4.90 Å². The van der Waals surface area contributed by atoms with E-state index >= 15 is 0 Å². The summed E-state index contributed by atoms with van der Waals surface area (Å²) in [5.41, 5.74) is 4.19. The maximum atomic E-state index is 6.01. The van der Waals surface area contributed by atoms with Crippen molar-refractivity contribution in [3.05, 3.63) is 122 Å². The van der Waals surface area contributed by atoms with E-state index in [4.69, 9.17) is 9.40 Å². The van der Waals surface area contributed by atoms with E-state index < -0.39 is 0 Å². The standard InChI is InChI=1S/C28H18N4O.Pt/c1-2-10-22(11-3-1)32(24-13-6-12-23(20-24)31-18-8-17-29-31)28-16-7-14-25(30-28)27-19-21-9-4-5-15-26(21)33-27;/h1-18H;/q-2;+2. The maximum absolute atomic E-state index is 6.01. The minimum Gasteiger partial charge on any atom is -0.518 e. The van der Waals surface area contributed by atoms with Gasteiger partial charge in [0.1, 0.15) is 5.82 Å². The van der Waals surface area contributed by atoms with Crippen molar-refractivity contribution in [1.29, 1.82) is 0 Å². The molecule has 0 saturated heterocycles. The number of aromatic nitrogens is 3. The van der Waals surface area contributed by atoms with Gasteiger partial charge in [-0.3, -0.25) is 9.67 Å². The molecule has 166 valence electrons. The van der Waals surface area contributed by atoms with E-state index in [1.165, 1.54) is 0 Å². The second kappa shape index (κ2) is 9.50. The molecule has 6 rings (SSSR count). The Kier molecular flexibility index (Phi) is 6.11. The fraction of sp³-hybridized carbons (Fsp3) is 0. The first kappa shape index (κ1) is 21.9. The number of hydrogen-bond acceptors (Lipinski definition) is 4. The van der Waals surface area contributed by atoms with Gasteiger partial charge < -0.3 is 9.32 Å². The number of fused-ring (bicyclic) bond motifs is 1. The van der Waals surface area contributed by atoms with Gasteiger partial charge in [0.15, 0.2) is 0 Å². The van der Waals surface area contributed by atoms with Crippen molar-refractivity contribution in [2.45, 2.75) is 0 Å². The normalized spacial score (nSPS) is 10.7. The average Bonchev–Trinajstić information content (AvgIpc) is 3.56. The van der Waals surface area contributed by atoms with Crippen LogP contribution < -0.4 is 4.90 Å². The average molecular weight is 622 g/mol. The van der Waals surface area contributed by atoms with Crippen LogP contribution in [0.15, 0.2) is 114 Å². The Bertz CT molecular complexity index is 1490. The maximum Gasteiger partial charge on any atom is 2.00 e. The summed E-state index contributed by atoms with van der Waals surface area (Å²) in [5.74, 6) is 1.36. The van der Waals surface area contributed by atoms with Crippen LogP contribution in [0.25, 0.3) is 28.1 Å². The smallest absolute Gasteiger partial charge is 0.518 e. The fourth-order valence-electron chi connectivity index (χ4n) is 3.80. The molecule has 3 aromatic heterocycles. The van der Waals surface area contributed by atoms with Crippen molar-refractivity contribution >= 4 is 28.2 Å². The minimum absolute atomic E-state index is 0. The van der Waals surface area contributed by atoms with Crippen molar-refractivity contribution < 1.29 is 25.5 Å². The predicted octanol–water partition coefficient (Wildman–Crippen LogP) is 6.75. The second-order valence-electron chi connectivity index (χ2n) is 7.48. The number of hydrogen-bond donors (Lipinski definition) is 0. The predicted molar refractivity (Wildman–Crippen MR) is 129 cm³/mol. The summed E-state index contributed by atoms with van der Waals surface area (Å²) in [5, 5.41) is 5.27. The Morgan fingerprint density at radius 1 is 0.765 bits per heavy atom. The van der Waals surface area contributed by atoms with Gasteiger partial charge in [0.05, 0.1) is 5.76 Å². The van der Waals surface area contributed by atoms with E-state index in [2.05, 4.69) is 34.3 Å². The number of benzene rings is 3. The van der Waals surface area contributed by atoms with Crippen molar-refractivity contribution in [3.63, 3.8) is 0 Å². The van der Waals surface area contributed by atoms with E-state index in [0.717, 1.165) is 33.8 Å². The zero-order chi connectivity index (χ0) is 22.0. The van der Waals surface area contributed by atoms with Crippen molar-refractivity contribution in [2.24, 2.45) is 0 Å². The van der Waals surface area contributed by atoms with Gasteiger partial charge in [0.2, 0.25) is 0 Å². The summed E-state index contributed by atoms with van der Waals surface area (Å²) in [6.07, 6.45) is 3.66. The molecule has 0 aliphatic carbocycles. The molecule has 6 heteroatoms. The third-order valence-electron chi connectivity index (χ3n) is 5.31. The van der Waals surface area contributed by atoms with Gasteiger partial charge in [-0.15, -0.1) is 35.7 Å². The van der Waals surface area contributed by atoms with Crippen LogP contribution in [0.2, 0.25) is 0 Å². The summed E-state index contributed by atoms with van der Waals surface area (Å²) in [6.45, 7) is 0. The molecule has 0 aliphatic heterocycles. The van der Waals surface area contributed by atoms with Crippen LogP contribution in [0.1, 0.15) is 0 Å². The Balaban J connectivity index is 0.00000241. The number of nitrogens with zero attached hydrogens (tertiary/aromatic N) is 4. The molecule has 0 unspecified atom stereocenters. The molecule has 0 aliphatic rings. The zero-order valence-electron chi connectivity index (χ0n) is 17.9. The molecule has 0 bridgehead atoms. The molecule has 34 heavy (non-hydrogen) atoms. The summed E-state index contributed by atoms with van der Waals surface area (Å²) < 4.78 is 7.80. The molecule has 0 N–H and O–H groups in total. The molecule has 0 spiro atoms. The molecular formula is C28H18N4OPt. The van der Waals surface area contributed by atoms with Gasteiger partial charge in [0.25, 0.3) is 0 Å². The van der Waals surface area contributed by atoms with Gasteiger partial charge in [-0.25, -0.2) is 0 Å². The summed E-state index contributed by atoms with van der Waals surface area (Å²) in [7, 11) is 0. The van der Waals surface area contributed by atoms with E-state index in [0.29, 0.717) is 11.5 Å². The Morgan fingerprint density at radius 3 is 2.41 bits per heavy atom. The summed E-state index contributed by atoms with van der Waals surface area (Å²) in [6, 6.07) is 38.5. The first-order valence-corrected chi connectivity index (χ1v) is 10.6. The van der Waals surface area contributed by atoms with E-state index in [1.54, 1.807) is 10.9 Å². The van der Waals surface area contributed by atoms with Crippen LogP contribution in [0, 0.1) is 12.1 Å². The molecule has 0 radical (unpaired) electrons. The van der Waals surface area contributed by atoms with Crippen LogP contribution >= 0.6 is 0 Å². The topological polar surface area (TPSA) is 47.1 Å². The third kappa shape index (κ3) is 4.18. The molecule has 0 fully saturated rings. The van der Waals surface area contributed by atoms with Gasteiger partial charge in [-0.1, -0.05) is 54.2 Å². The number of para-hydroxylation sites is 2. The molecular weight excluding hydrogens is 603 g/mol. The number of anilines is 3. The fourth-order valence-corrected chi connectivity index (χ4v) is 3.80. The van der Waals surface area contributed by atoms with Crippen molar-refractivity contribution in [1.82, 2.24) is 14.8 Å². The van der Waals surface area contributed by atoms with Gasteiger partial charge in [0, 0.05) is 29.4 Å². The minimum atomic E-state index is 0. The van der Waals surface area contributed by atoms with Crippen LogP contribution in [-0.4, -0.2) is 14.8 Å². The molecule has 0 saturated carbocycles. The number of rotatable bonds is 5. The van der Waals surface area contributed by atoms with Crippen LogP contribution in [0.5, 0.6) is 0 Å². The van der Waals surface area contributed by atoms with Gasteiger partial charge in [-0.2, -0.15) is 11.2 Å². The molecule has 6 aromatic rings. The van der Waals surface area contributed by atoms with Gasteiger partial charge in [-0.05, 0) is 30.0 Å². The van der Waals surface area contributed by atoms with Gasteiger partial charge >= 0.3 is 21.1 Å². The monoisotopic (exact) mass is 621 g/mol. The second-order valence-corrected chi connectivity index (χ2v) is 7.48. The van der Waals surface area contributed by atoms with Crippen LogP contribution in [0.4, 0.5) is 17.2 Å². The van der Waals surface area contributed by atoms with Crippen molar-refractivity contribution in [3.8, 4) is 17.1 Å². The third-order valence-corrected chi connectivity index (χ3v) is 5.31. The molecule has 3 aromatic carbocycles. The molecule has 3 heterocycles. The van der Waals surface area contributed by atoms with E-state index in [1.807, 2.05) is 91.1 Å².